The van der Waals surface area contributed by atoms with Gasteiger partial charge in [0.05, 0.1) is 12.0 Å². The first-order chi connectivity index (χ1) is 11.4. The summed E-state index contributed by atoms with van der Waals surface area (Å²) in [6.45, 7) is 0.190. The molecule has 5 nitrogen and oxygen atoms in total. The molecule has 7 heteroatoms. The van der Waals surface area contributed by atoms with Crippen molar-refractivity contribution in [3.63, 3.8) is 0 Å². The summed E-state index contributed by atoms with van der Waals surface area (Å²) in [6.07, 6.45) is 1.91. The lowest BCUT2D eigenvalue weighted by Gasteiger charge is -2.07. The van der Waals surface area contributed by atoms with Crippen LogP contribution in [0.2, 0.25) is 5.02 Å². The third-order valence-corrected chi connectivity index (χ3v) is 5.52. The van der Waals surface area contributed by atoms with Gasteiger partial charge in [-0.25, -0.2) is 13.1 Å². The van der Waals surface area contributed by atoms with Gasteiger partial charge in [0.15, 0.2) is 0 Å². The van der Waals surface area contributed by atoms with Gasteiger partial charge < -0.3 is 9.30 Å². The van der Waals surface area contributed by atoms with Crippen molar-refractivity contribution in [2.75, 3.05) is 7.11 Å². The van der Waals surface area contributed by atoms with Gasteiger partial charge in [-0.2, -0.15) is 0 Å². The summed E-state index contributed by atoms with van der Waals surface area (Å²) in [6, 6.07) is 11.8. The fourth-order valence-electron chi connectivity index (χ4n) is 2.59. The maximum atomic E-state index is 12.4. The molecule has 0 atom stereocenters. The first-order valence-corrected chi connectivity index (χ1v) is 9.14. The van der Waals surface area contributed by atoms with Crippen LogP contribution in [0.5, 0.6) is 5.75 Å². The molecule has 0 amide bonds. The number of nitrogens with one attached hydrogen (secondary N) is 1. The topological polar surface area (TPSA) is 60.3 Å². The van der Waals surface area contributed by atoms with E-state index in [4.69, 9.17) is 16.3 Å². The number of aromatic nitrogens is 1. The average Bonchev–Trinajstić information content (AvgIpc) is 2.89. The number of rotatable bonds is 5. The molecule has 0 unspecified atom stereocenters. The zero-order valence-corrected chi connectivity index (χ0v) is 14.9. The lowest BCUT2D eigenvalue weighted by molar-refractivity contribution is 0.415. The predicted octanol–water partition coefficient (Wildman–Crippen LogP) is 3.32. The lowest BCUT2D eigenvalue weighted by atomic mass is 10.1. The molecule has 0 aliphatic rings. The zero-order chi connectivity index (χ0) is 17.3. The smallest absolute Gasteiger partial charge is 0.240 e. The standard InChI is InChI=1S/C17H17ClN2O3S/c1-20-11-12(16-9-14(23-2)5-8-17(16)20)10-19-24(21,22)15-6-3-13(18)4-7-15/h3-9,11,19H,10H2,1-2H3. The molecular formula is C17H17ClN2O3S. The maximum absolute atomic E-state index is 12.4. The summed E-state index contributed by atoms with van der Waals surface area (Å²) in [4.78, 5) is 0.185. The van der Waals surface area contributed by atoms with E-state index < -0.39 is 10.0 Å². The van der Waals surface area contributed by atoms with Crippen molar-refractivity contribution < 1.29 is 13.2 Å². The molecular weight excluding hydrogens is 348 g/mol. The second kappa shape index (κ2) is 6.47. The van der Waals surface area contributed by atoms with Gasteiger partial charge in [0.1, 0.15) is 5.75 Å². The van der Waals surface area contributed by atoms with E-state index in [1.807, 2.05) is 36.0 Å². The minimum absolute atomic E-state index is 0.185. The van der Waals surface area contributed by atoms with Gasteiger partial charge in [-0.05, 0) is 48.0 Å². The van der Waals surface area contributed by atoms with E-state index in [9.17, 15) is 8.42 Å². The summed E-state index contributed by atoms with van der Waals surface area (Å²) >= 11 is 5.80. The highest BCUT2D eigenvalue weighted by Crippen LogP contribution is 2.25. The summed E-state index contributed by atoms with van der Waals surface area (Å²) in [7, 11) is -0.0726. The van der Waals surface area contributed by atoms with Gasteiger partial charge in [0.25, 0.3) is 0 Å². The van der Waals surface area contributed by atoms with Gasteiger partial charge in [-0.3, -0.25) is 0 Å². The van der Waals surface area contributed by atoms with E-state index in [0.29, 0.717) is 5.02 Å². The summed E-state index contributed by atoms with van der Waals surface area (Å²) < 4.78 is 34.6. The van der Waals surface area contributed by atoms with Crippen LogP contribution in [0.15, 0.2) is 53.6 Å². The van der Waals surface area contributed by atoms with E-state index >= 15 is 0 Å². The summed E-state index contributed by atoms with van der Waals surface area (Å²) in [5, 5.41) is 1.45. The van der Waals surface area contributed by atoms with Crippen molar-refractivity contribution in [3.8, 4) is 5.75 Å². The van der Waals surface area contributed by atoms with Crippen molar-refractivity contribution in [1.29, 1.82) is 0 Å². The van der Waals surface area contributed by atoms with Gasteiger partial charge in [-0.1, -0.05) is 11.6 Å². The Morgan fingerprint density at radius 2 is 1.88 bits per heavy atom. The molecule has 126 valence electrons. The molecule has 3 aromatic rings. The normalized spacial score (nSPS) is 11.8. The first kappa shape index (κ1) is 16.8. The molecule has 1 aromatic heterocycles. The highest BCUT2D eigenvalue weighted by atomic mass is 35.5. The van der Waals surface area contributed by atoms with E-state index in [1.165, 1.54) is 12.1 Å². The monoisotopic (exact) mass is 364 g/mol. The van der Waals surface area contributed by atoms with E-state index in [1.54, 1.807) is 19.2 Å². The second-order valence-corrected chi connectivity index (χ2v) is 7.63. The minimum atomic E-state index is -3.60. The number of ether oxygens (including phenoxy) is 1. The Hall–Kier alpha value is -2.02. The molecule has 1 heterocycles. The van der Waals surface area contributed by atoms with Gasteiger partial charge >= 0.3 is 0 Å². The number of aryl methyl sites for hydroxylation is 1. The molecule has 0 aliphatic carbocycles. The molecule has 0 spiro atoms. The fourth-order valence-corrected chi connectivity index (χ4v) is 3.72. The quantitative estimate of drug-likeness (QED) is 0.755. The van der Waals surface area contributed by atoms with Crippen molar-refractivity contribution in [3.05, 3.63) is 59.2 Å². The highest BCUT2D eigenvalue weighted by molar-refractivity contribution is 7.89. The Balaban J connectivity index is 1.88. The Kier molecular flexibility index (Phi) is 4.54. The molecule has 0 fully saturated rings. The number of halogens is 1. The number of methoxy groups -OCH3 is 1. The summed E-state index contributed by atoms with van der Waals surface area (Å²) in [5.74, 6) is 0.732. The van der Waals surface area contributed by atoms with Crippen LogP contribution < -0.4 is 9.46 Å². The molecule has 2 aromatic carbocycles. The second-order valence-electron chi connectivity index (χ2n) is 5.43. The third kappa shape index (κ3) is 3.26. The number of nitrogens with zero attached hydrogens (tertiary/aromatic N) is 1. The highest BCUT2D eigenvalue weighted by Gasteiger charge is 2.15. The maximum Gasteiger partial charge on any atom is 0.240 e. The molecule has 0 bridgehead atoms. The van der Waals surface area contributed by atoms with Crippen LogP contribution in [-0.4, -0.2) is 20.1 Å². The van der Waals surface area contributed by atoms with Crippen LogP contribution in [-0.2, 0) is 23.6 Å². The van der Waals surface area contributed by atoms with E-state index in [-0.39, 0.29) is 11.4 Å². The molecule has 0 aliphatic heterocycles. The predicted molar refractivity (Wildman–Crippen MR) is 94.9 cm³/mol. The zero-order valence-electron chi connectivity index (χ0n) is 13.3. The fraction of sp³-hybridized carbons (Fsp3) is 0.176. The van der Waals surface area contributed by atoms with Crippen LogP contribution in [0, 0.1) is 0 Å². The van der Waals surface area contributed by atoms with Crippen molar-refractivity contribution in [1.82, 2.24) is 9.29 Å². The van der Waals surface area contributed by atoms with E-state index in [2.05, 4.69) is 4.72 Å². The molecule has 0 saturated carbocycles. The van der Waals surface area contributed by atoms with Crippen LogP contribution in [0.25, 0.3) is 10.9 Å². The molecule has 3 rings (SSSR count). The average molecular weight is 365 g/mol. The SMILES string of the molecule is COc1ccc2c(c1)c(CNS(=O)(=O)c1ccc(Cl)cc1)cn2C. The third-order valence-electron chi connectivity index (χ3n) is 3.86. The Morgan fingerprint density at radius 3 is 2.54 bits per heavy atom. The minimum Gasteiger partial charge on any atom is -0.497 e. The van der Waals surface area contributed by atoms with Crippen LogP contribution in [0.3, 0.4) is 0 Å². The molecule has 24 heavy (non-hydrogen) atoms. The largest absolute Gasteiger partial charge is 0.497 e. The van der Waals surface area contributed by atoms with Gasteiger partial charge in [0, 0.05) is 35.7 Å². The first-order valence-electron chi connectivity index (χ1n) is 7.28. The van der Waals surface area contributed by atoms with Crippen molar-refractivity contribution in [2.24, 2.45) is 7.05 Å². The van der Waals surface area contributed by atoms with Crippen molar-refractivity contribution in [2.45, 2.75) is 11.4 Å². The number of sulfonamides is 1. The lowest BCUT2D eigenvalue weighted by Crippen LogP contribution is -2.23. The Labute approximate surface area is 145 Å². The van der Waals surface area contributed by atoms with Gasteiger partial charge in [0.2, 0.25) is 10.0 Å². The number of fused-ring (bicyclic) bond motifs is 1. The number of benzene rings is 2. The van der Waals surface area contributed by atoms with Crippen LogP contribution in [0.1, 0.15) is 5.56 Å². The molecule has 1 N–H and O–H groups in total. The Morgan fingerprint density at radius 1 is 1.17 bits per heavy atom. The van der Waals surface area contributed by atoms with Crippen molar-refractivity contribution >= 4 is 32.5 Å². The van der Waals surface area contributed by atoms with Crippen LogP contribution in [0.4, 0.5) is 0 Å². The number of hydrogen-bond acceptors (Lipinski definition) is 3. The Bertz CT molecular complexity index is 979. The molecule has 0 radical (unpaired) electrons. The summed E-state index contributed by atoms with van der Waals surface area (Å²) in [5.41, 5.74) is 1.89. The van der Waals surface area contributed by atoms with Gasteiger partial charge in [-0.15, -0.1) is 0 Å². The number of hydrogen-bond donors (Lipinski definition) is 1. The van der Waals surface area contributed by atoms with Crippen LogP contribution >= 0.6 is 11.6 Å². The van der Waals surface area contributed by atoms with E-state index in [0.717, 1.165) is 22.2 Å². The molecule has 0 saturated heterocycles.